The zero-order valence-corrected chi connectivity index (χ0v) is 17.0. The van der Waals surface area contributed by atoms with Crippen molar-refractivity contribution in [2.24, 2.45) is 5.92 Å². The molecule has 1 aliphatic heterocycles. The summed E-state index contributed by atoms with van der Waals surface area (Å²) < 4.78 is 32.1. The van der Waals surface area contributed by atoms with Crippen LogP contribution in [0.1, 0.15) is 29.9 Å². The molecule has 1 aliphatic rings. The fourth-order valence-electron chi connectivity index (χ4n) is 3.25. The Bertz CT molecular complexity index is 943. The Labute approximate surface area is 163 Å². The molecule has 0 bridgehead atoms. The number of benzene rings is 1. The van der Waals surface area contributed by atoms with Crippen molar-refractivity contribution in [2.75, 3.05) is 18.4 Å². The summed E-state index contributed by atoms with van der Waals surface area (Å²) in [7, 11) is -3.67. The SMILES string of the molecule is Cc1ccc(NC(=O)C2CCN(S(=O)(=O)c3c(C)noc3C)CC2)cc1Cl. The number of halogens is 1. The summed E-state index contributed by atoms with van der Waals surface area (Å²) in [6, 6.07) is 5.36. The molecule has 146 valence electrons. The van der Waals surface area contributed by atoms with Crippen LogP contribution in [0.4, 0.5) is 5.69 Å². The molecule has 1 fully saturated rings. The molecule has 0 saturated carbocycles. The summed E-state index contributed by atoms with van der Waals surface area (Å²) in [5.41, 5.74) is 1.93. The summed E-state index contributed by atoms with van der Waals surface area (Å²) in [6.45, 7) is 5.64. The lowest BCUT2D eigenvalue weighted by molar-refractivity contribution is -0.120. The standard InChI is InChI=1S/C18H22ClN3O4S/c1-11-4-5-15(10-16(11)19)20-18(23)14-6-8-22(9-7-14)27(24,25)17-12(2)21-26-13(17)3/h4-5,10,14H,6-9H2,1-3H3,(H,20,23). The Morgan fingerprint density at radius 2 is 1.93 bits per heavy atom. The number of sulfonamides is 1. The summed E-state index contributed by atoms with van der Waals surface area (Å²) in [5, 5.41) is 7.18. The molecule has 2 heterocycles. The van der Waals surface area contributed by atoms with E-state index in [1.54, 1.807) is 26.0 Å². The smallest absolute Gasteiger partial charge is 0.248 e. The van der Waals surface area contributed by atoms with Crippen molar-refractivity contribution in [2.45, 2.75) is 38.5 Å². The lowest BCUT2D eigenvalue weighted by Gasteiger charge is -2.30. The van der Waals surface area contributed by atoms with Crippen LogP contribution in [-0.2, 0) is 14.8 Å². The number of hydrogen-bond acceptors (Lipinski definition) is 5. The fraction of sp³-hybridized carbons (Fsp3) is 0.444. The van der Waals surface area contributed by atoms with E-state index in [1.165, 1.54) is 4.31 Å². The van der Waals surface area contributed by atoms with Gasteiger partial charge in [-0.05, 0) is 51.3 Å². The predicted molar refractivity (Wildman–Crippen MR) is 102 cm³/mol. The second kappa shape index (κ2) is 7.61. The summed E-state index contributed by atoms with van der Waals surface area (Å²) in [6.07, 6.45) is 0.905. The highest BCUT2D eigenvalue weighted by Crippen LogP contribution is 2.28. The van der Waals surface area contributed by atoms with E-state index in [0.29, 0.717) is 29.2 Å². The Morgan fingerprint density at radius 1 is 1.26 bits per heavy atom. The minimum Gasteiger partial charge on any atom is -0.360 e. The zero-order chi connectivity index (χ0) is 19.8. The highest BCUT2D eigenvalue weighted by Gasteiger charge is 2.35. The van der Waals surface area contributed by atoms with E-state index in [-0.39, 0.29) is 35.6 Å². The molecular formula is C18H22ClN3O4S. The summed E-state index contributed by atoms with van der Waals surface area (Å²) >= 11 is 6.09. The molecule has 1 amide bonds. The van der Waals surface area contributed by atoms with E-state index in [1.807, 2.05) is 13.0 Å². The third-order valence-electron chi connectivity index (χ3n) is 4.83. The van der Waals surface area contributed by atoms with Gasteiger partial charge in [0.25, 0.3) is 0 Å². The fourth-order valence-corrected chi connectivity index (χ4v) is 5.19. The normalized spacial score (nSPS) is 16.4. The van der Waals surface area contributed by atoms with Crippen molar-refractivity contribution < 1.29 is 17.7 Å². The molecule has 0 atom stereocenters. The maximum Gasteiger partial charge on any atom is 0.248 e. The van der Waals surface area contributed by atoms with E-state index in [0.717, 1.165) is 5.56 Å². The average molecular weight is 412 g/mol. The number of hydrogen-bond donors (Lipinski definition) is 1. The molecule has 3 rings (SSSR count). The van der Waals surface area contributed by atoms with Gasteiger partial charge in [-0.1, -0.05) is 22.8 Å². The van der Waals surface area contributed by atoms with Crippen molar-refractivity contribution in [3.05, 3.63) is 40.2 Å². The molecule has 9 heteroatoms. The molecule has 1 saturated heterocycles. The van der Waals surface area contributed by atoms with Crippen molar-refractivity contribution in [1.82, 2.24) is 9.46 Å². The van der Waals surface area contributed by atoms with Gasteiger partial charge in [-0.25, -0.2) is 8.42 Å². The van der Waals surface area contributed by atoms with Gasteiger partial charge in [-0.2, -0.15) is 4.31 Å². The first-order chi connectivity index (χ1) is 12.7. The first-order valence-electron chi connectivity index (χ1n) is 8.70. The van der Waals surface area contributed by atoms with Gasteiger partial charge in [0.15, 0.2) is 5.76 Å². The van der Waals surface area contributed by atoms with Crippen LogP contribution in [0.25, 0.3) is 0 Å². The summed E-state index contributed by atoms with van der Waals surface area (Å²) in [4.78, 5) is 12.6. The number of carbonyl (C=O) groups is 1. The van der Waals surface area contributed by atoms with Crippen molar-refractivity contribution in [1.29, 1.82) is 0 Å². The minimum atomic E-state index is -3.67. The van der Waals surface area contributed by atoms with Crippen molar-refractivity contribution in [3.63, 3.8) is 0 Å². The van der Waals surface area contributed by atoms with Gasteiger partial charge in [-0.3, -0.25) is 4.79 Å². The monoisotopic (exact) mass is 411 g/mol. The lowest BCUT2D eigenvalue weighted by Crippen LogP contribution is -2.41. The van der Waals surface area contributed by atoms with E-state index >= 15 is 0 Å². The number of carbonyl (C=O) groups excluding carboxylic acids is 1. The molecule has 0 aliphatic carbocycles. The number of piperidine rings is 1. The minimum absolute atomic E-state index is 0.121. The average Bonchev–Trinajstić information content (AvgIpc) is 2.97. The molecule has 0 unspecified atom stereocenters. The molecule has 2 aromatic rings. The second-order valence-electron chi connectivity index (χ2n) is 6.78. The highest BCUT2D eigenvalue weighted by molar-refractivity contribution is 7.89. The van der Waals surface area contributed by atoms with Crippen LogP contribution in [0.5, 0.6) is 0 Å². The van der Waals surface area contributed by atoms with Crippen LogP contribution in [-0.4, -0.2) is 36.9 Å². The quantitative estimate of drug-likeness (QED) is 0.833. The van der Waals surface area contributed by atoms with E-state index in [4.69, 9.17) is 16.1 Å². The number of anilines is 1. The molecule has 1 N–H and O–H groups in total. The first-order valence-corrected chi connectivity index (χ1v) is 10.5. The number of amides is 1. The maximum atomic E-state index is 12.8. The number of rotatable bonds is 4. The second-order valence-corrected chi connectivity index (χ2v) is 9.07. The molecule has 1 aromatic heterocycles. The van der Waals surface area contributed by atoms with Crippen LogP contribution in [0.2, 0.25) is 5.02 Å². The molecule has 0 radical (unpaired) electrons. The highest BCUT2D eigenvalue weighted by atomic mass is 35.5. The van der Waals surface area contributed by atoms with E-state index in [2.05, 4.69) is 10.5 Å². The molecule has 27 heavy (non-hydrogen) atoms. The van der Waals surface area contributed by atoms with Crippen molar-refractivity contribution >= 4 is 33.2 Å². The molecule has 1 aromatic carbocycles. The predicted octanol–water partition coefficient (Wildman–Crippen LogP) is 3.29. The van der Waals surface area contributed by atoms with Crippen LogP contribution in [0, 0.1) is 26.7 Å². The Balaban J connectivity index is 1.64. The van der Waals surface area contributed by atoms with Crippen LogP contribution < -0.4 is 5.32 Å². The van der Waals surface area contributed by atoms with Gasteiger partial charge < -0.3 is 9.84 Å². The zero-order valence-electron chi connectivity index (χ0n) is 15.5. The van der Waals surface area contributed by atoms with Gasteiger partial charge in [-0.15, -0.1) is 0 Å². The van der Waals surface area contributed by atoms with Gasteiger partial charge in [0.1, 0.15) is 10.6 Å². The first kappa shape index (κ1) is 19.9. The summed E-state index contributed by atoms with van der Waals surface area (Å²) in [5.74, 6) is -0.0888. The number of aryl methyl sites for hydroxylation is 3. The Morgan fingerprint density at radius 3 is 2.48 bits per heavy atom. The van der Waals surface area contributed by atoms with Crippen molar-refractivity contribution in [3.8, 4) is 0 Å². The lowest BCUT2D eigenvalue weighted by atomic mass is 9.97. The third-order valence-corrected chi connectivity index (χ3v) is 7.38. The third kappa shape index (κ3) is 4.02. The topological polar surface area (TPSA) is 92.5 Å². The van der Waals surface area contributed by atoms with Gasteiger partial charge in [0.05, 0.1) is 0 Å². The number of aromatic nitrogens is 1. The Hall–Kier alpha value is -1.90. The van der Waals surface area contributed by atoms with Crippen LogP contribution >= 0.6 is 11.6 Å². The van der Waals surface area contributed by atoms with Crippen LogP contribution in [0.3, 0.4) is 0 Å². The number of nitrogens with zero attached hydrogens (tertiary/aromatic N) is 2. The van der Waals surface area contributed by atoms with E-state index < -0.39 is 10.0 Å². The molecular weight excluding hydrogens is 390 g/mol. The molecule has 0 spiro atoms. The van der Waals surface area contributed by atoms with Gasteiger partial charge in [0, 0.05) is 29.7 Å². The Kier molecular flexibility index (Phi) is 5.60. The van der Waals surface area contributed by atoms with Crippen LogP contribution in [0.15, 0.2) is 27.6 Å². The van der Waals surface area contributed by atoms with Gasteiger partial charge >= 0.3 is 0 Å². The number of nitrogens with one attached hydrogen (secondary N) is 1. The maximum absolute atomic E-state index is 12.8. The largest absolute Gasteiger partial charge is 0.360 e. The molecule has 7 nitrogen and oxygen atoms in total. The van der Waals surface area contributed by atoms with Gasteiger partial charge in [0.2, 0.25) is 15.9 Å². The van der Waals surface area contributed by atoms with E-state index in [9.17, 15) is 13.2 Å².